The molecule has 1 aliphatic heterocycles. The van der Waals surface area contributed by atoms with Crippen LogP contribution in [-0.4, -0.2) is 71.0 Å². The van der Waals surface area contributed by atoms with Crippen molar-refractivity contribution < 1.29 is 37.3 Å². The molecule has 0 spiro atoms. The van der Waals surface area contributed by atoms with Crippen LogP contribution in [0.5, 0.6) is 11.5 Å². The van der Waals surface area contributed by atoms with Crippen LogP contribution < -0.4 is 14.8 Å². The molecule has 3 aromatic rings. The van der Waals surface area contributed by atoms with Gasteiger partial charge in [-0.1, -0.05) is 12.1 Å². The molecule has 2 N–H and O–H groups in total. The molecule has 222 valence electrons. The number of aliphatic hydroxyl groups is 1. The molecule has 1 amide bonds. The first-order valence-electron chi connectivity index (χ1n) is 13.2. The lowest BCUT2D eigenvalue weighted by Gasteiger charge is -2.38. The molecule has 1 fully saturated rings. The molecule has 41 heavy (non-hydrogen) atoms. The third kappa shape index (κ3) is 6.33. The summed E-state index contributed by atoms with van der Waals surface area (Å²) in [7, 11) is 1.55. The molecule has 0 bridgehead atoms. The number of alkyl halides is 2. The predicted octanol–water partition coefficient (Wildman–Crippen LogP) is 4.75. The standard InChI is InChI=1S/C29H35F3N4O5/c1-16(20-8-7-9-22(26(20)30)29(31,32)28(4,5)38)33-27-21-12-24(40-11-10-39-6)25(13-23(21)34-17(2)35-27)41-19-14-36(15-19)18(3)37/h7-9,12-13,16,19,38H,10-11,14-15H2,1-6H3,(H,33,34,35)/t16-/m1/s1. The number of halogens is 3. The lowest BCUT2D eigenvalue weighted by atomic mass is 9.91. The number of nitrogens with zero attached hydrogens (tertiary/aromatic N) is 3. The third-order valence-electron chi connectivity index (χ3n) is 6.96. The lowest BCUT2D eigenvalue weighted by molar-refractivity contribution is -0.170. The van der Waals surface area contributed by atoms with Gasteiger partial charge in [-0.3, -0.25) is 4.79 Å². The zero-order valence-electron chi connectivity index (χ0n) is 23.9. The Morgan fingerprint density at radius 3 is 2.54 bits per heavy atom. The summed E-state index contributed by atoms with van der Waals surface area (Å²) in [5, 5.41) is 13.7. The highest BCUT2D eigenvalue weighted by molar-refractivity contribution is 5.92. The molecule has 1 atom stereocenters. The van der Waals surface area contributed by atoms with Gasteiger partial charge in [-0.05, 0) is 39.8 Å². The van der Waals surface area contributed by atoms with E-state index >= 15 is 4.39 Å². The predicted molar refractivity (Wildman–Crippen MR) is 147 cm³/mol. The molecule has 9 nitrogen and oxygen atoms in total. The fourth-order valence-electron chi connectivity index (χ4n) is 4.49. The Morgan fingerprint density at radius 2 is 1.90 bits per heavy atom. The fraction of sp³-hybridized carbons (Fsp3) is 0.483. The number of anilines is 1. The fourth-order valence-corrected chi connectivity index (χ4v) is 4.49. The van der Waals surface area contributed by atoms with Crippen LogP contribution in [0.1, 0.15) is 50.7 Å². The van der Waals surface area contributed by atoms with Crippen LogP contribution in [-0.2, 0) is 15.5 Å². The molecule has 0 aliphatic carbocycles. The number of rotatable bonds is 11. The second-order valence-electron chi connectivity index (χ2n) is 10.6. The number of ether oxygens (including phenoxy) is 3. The molecule has 12 heteroatoms. The van der Waals surface area contributed by atoms with Gasteiger partial charge in [-0.2, -0.15) is 8.78 Å². The average molecular weight is 577 g/mol. The maximum atomic E-state index is 15.4. The van der Waals surface area contributed by atoms with Crippen LogP contribution >= 0.6 is 0 Å². The third-order valence-corrected chi connectivity index (χ3v) is 6.96. The summed E-state index contributed by atoms with van der Waals surface area (Å²) < 4.78 is 62.3. The number of methoxy groups -OCH3 is 1. The second-order valence-corrected chi connectivity index (χ2v) is 10.6. The molecule has 2 heterocycles. The number of fused-ring (bicyclic) bond motifs is 1. The highest BCUT2D eigenvalue weighted by Crippen LogP contribution is 2.42. The van der Waals surface area contributed by atoms with Crippen LogP contribution in [0.2, 0.25) is 0 Å². The summed E-state index contributed by atoms with van der Waals surface area (Å²) in [5.74, 6) is -3.37. The number of hydrogen-bond acceptors (Lipinski definition) is 8. The number of benzene rings is 2. The monoisotopic (exact) mass is 576 g/mol. The van der Waals surface area contributed by atoms with Gasteiger partial charge in [0.05, 0.1) is 36.8 Å². The van der Waals surface area contributed by atoms with Crippen molar-refractivity contribution in [2.45, 2.75) is 58.3 Å². The largest absolute Gasteiger partial charge is 0.487 e. The van der Waals surface area contributed by atoms with E-state index in [9.17, 15) is 18.7 Å². The number of nitrogens with one attached hydrogen (secondary N) is 1. The quantitative estimate of drug-likeness (QED) is 0.315. The maximum Gasteiger partial charge on any atom is 0.303 e. The first kappa shape index (κ1) is 30.3. The van der Waals surface area contributed by atoms with Gasteiger partial charge < -0.3 is 29.5 Å². The number of hydrogen-bond donors (Lipinski definition) is 2. The number of carbonyl (C=O) groups is 1. The van der Waals surface area contributed by atoms with E-state index in [0.29, 0.717) is 53.7 Å². The molecule has 1 saturated heterocycles. The summed E-state index contributed by atoms with van der Waals surface area (Å²) in [5.41, 5.74) is -2.86. The van der Waals surface area contributed by atoms with Crippen molar-refractivity contribution in [3.05, 3.63) is 53.1 Å². The summed E-state index contributed by atoms with van der Waals surface area (Å²) in [6, 6.07) is 6.33. The highest BCUT2D eigenvalue weighted by atomic mass is 19.3. The molecule has 2 aromatic carbocycles. The Kier molecular flexibility index (Phi) is 8.65. The van der Waals surface area contributed by atoms with Crippen molar-refractivity contribution in [1.82, 2.24) is 14.9 Å². The van der Waals surface area contributed by atoms with Gasteiger partial charge >= 0.3 is 5.92 Å². The van der Waals surface area contributed by atoms with E-state index in [1.54, 1.807) is 38.0 Å². The molecular formula is C29H35F3N4O5. The second kappa shape index (κ2) is 11.7. The van der Waals surface area contributed by atoms with E-state index in [2.05, 4.69) is 15.3 Å². The number of aromatic nitrogens is 2. The van der Waals surface area contributed by atoms with Crippen molar-refractivity contribution >= 4 is 22.6 Å². The maximum absolute atomic E-state index is 15.4. The van der Waals surface area contributed by atoms with Gasteiger partial charge in [0, 0.05) is 31.0 Å². The molecular weight excluding hydrogens is 541 g/mol. The normalized spacial score (nSPS) is 15.0. The lowest BCUT2D eigenvalue weighted by Crippen LogP contribution is -2.55. The summed E-state index contributed by atoms with van der Waals surface area (Å²) in [6.07, 6.45) is -0.209. The minimum Gasteiger partial charge on any atom is -0.487 e. The van der Waals surface area contributed by atoms with Crippen LogP contribution in [0.3, 0.4) is 0 Å². The topological polar surface area (TPSA) is 106 Å². The Balaban J connectivity index is 1.69. The van der Waals surface area contributed by atoms with E-state index in [4.69, 9.17) is 14.2 Å². The number of aryl methyl sites for hydroxylation is 1. The van der Waals surface area contributed by atoms with Gasteiger partial charge in [0.25, 0.3) is 0 Å². The Hall–Kier alpha value is -3.64. The van der Waals surface area contributed by atoms with Gasteiger partial charge in [0.15, 0.2) is 11.5 Å². The van der Waals surface area contributed by atoms with E-state index in [-0.39, 0.29) is 24.2 Å². The van der Waals surface area contributed by atoms with Gasteiger partial charge in [0.2, 0.25) is 5.91 Å². The zero-order valence-corrected chi connectivity index (χ0v) is 23.9. The SMILES string of the molecule is COCCOc1cc2c(N[C@H](C)c3cccc(C(F)(F)C(C)(C)O)c3F)nc(C)nc2cc1OC1CN(C(C)=O)C1. The van der Waals surface area contributed by atoms with Crippen molar-refractivity contribution in [2.24, 2.45) is 0 Å². The number of amides is 1. The average Bonchev–Trinajstić information content (AvgIpc) is 2.85. The van der Waals surface area contributed by atoms with E-state index < -0.39 is 28.9 Å². The van der Waals surface area contributed by atoms with Gasteiger partial charge in [-0.25, -0.2) is 14.4 Å². The summed E-state index contributed by atoms with van der Waals surface area (Å²) in [4.78, 5) is 22.3. The van der Waals surface area contributed by atoms with E-state index in [1.165, 1.54) is 19.1 Å². The summed E-state index contributed by atoms with van der Waals surface area (Å²) in [6.45, 7) is 8.17. The summed E-state index contributed by atoms with van der Waals surface area (Å²) >= 11 is 0. The van der Waals surface area contributed by atoms with Crippen molar-refractivity contribution in [3.63, 3.8) is 0 Å². The molecule has 1 aromatic heterocycles. The van der Waals surface area contributed by atoms with Crippen LogP contribution in [0.4, 0.5) is 19.0 Å². The minimum atomic E-state index is -3.82. The smallest absolute Gasteiger partial charge is 0.303 e. The van der Waals surface area contributed by atoms with Crippen molar-refractivity contribution in [1.29, 1.82) is 0 Å². The van der Waals surface area contributed by atoms with E-state index in [1.807, 2.05) is 0 Å². The molecule has 0 unspecified atom stereocenters. The molecule has 0 saturated carbocycles. The zero-order chi connectivity index (χ0) is 30.1. The molecule has 4 rings (SSSR count). The first-order chi connectivity index (χ1) is 19.2. The highest BCUT2D eigenvalue weighted by Gasteiger charge is 2.49. The van der Waals surface area contributed by atoms with Crippen LogP contribution in [0.15, 0.2) is 30.3 Å². The van der Waals surface area contributed by atoms with Crippen molar-refractivity contribution in [3.8, 4) is 11.5 Å². The van der Waals surface area contributed by atoms with Gasteiger partial charge in [0.1, 0.15) is 35.8 Å². The number of likely N-dealkylation sites (tertiary alicyclic amines) is 1. The Labute approximate surface area is 236 Å². The van der Waals surface area contributed by atoms with Crippen LogP contribution in [0.25, 0.3) is 10.9 Å². The van der Waals surface area contributed by atoms with Crippen LogP contribution in [0, 0.1) is 12.7 Å². The Bertz CT molecular complexity index is 1420. The Morgan fingerprint density at radius 1 is 1.20 bits per heavy atom. The first-order valence-corrected chi connectivity index (χ1v) is 13.2. The van der Waals surface area contributed by atoms with E-state index in [0.717, 1.165) is 19.9 Å². The number of carbonyl (C=O) groups excluding carboxylic acids is 1. The van der Waals surface area contributed by atoms with Crippen molar-refractivity contribution in [2.75, 3.05) is 38.7 Å². The molecule has 0 radical (unpaired) electrons. The van der Waals surface area contributed by atoms with Gasteiger partial charge in [-0.15, -0.1) is 0 Å². The molecule has 1 aliphatic rings. The minimum absolute atomic E-state index is 0.0210.